The van der Waals surface area contributed by atoms with Crippen LogP contribution in [0.5, 0.6) is 11.5 Å². The molecule has 0 fully saturated rings. The van der Waals surface area contributed by atoms with Crippen molar-refractivity contribution in [3.05, 3.63) is 84.0 Å². The van der Waals surface area contributed by atoms with Gasteiger partial charge in [0, 0.05) is 5.41 Å². The molecular weight excluding hydrogens is 308 g/mol. The minimum atomic E-state index is -0.159. The maximum atomic E-state index is 10.1. The minimum Gasteiger partial charge on any atom is -0.508 e. The number of aromatic hydroxyl groups is 2. The third-order valence-corrected chi connectivity index (χ3v) is 5.20. The fraction of sp³-hybridized carbons (Fsp3) is 0.304. The molecule has 0 aliphatic rings. The lowest BCUT2D eigenvalue weighted by Gasteiger charge is -2.34. The average molecular weight is 336 g/mol. The molecule has 0 radical (unpaired) electrons. The number of phenols is 2. The van der Waals surface area contributed by atoms with Crippen molar-refractivity contribution in [2.75, 3.05) is 0 Å². The first-order valence-corrected chi connectivity index (χ1v) is 8.88. The Labute approximate surface area is 151 Å². The molecule has 2 N–H and O–H groups in total. The van der Waals surface area contributed by atoms with Crippen molar-refractivity contribution in [1.82, 2.24) is 0 Å². The van der Waals surface area contributed by atoms with Crippen LogP contribution in [0.4, 0.5) is 0 Å². The molecule has 0 heterocycles. The maximum absolute atomic E-state index is 10.1. The van der Waals surface area contributed by atoms with Crippen LogP contribution in [0, 0.1) is 0 Å². The summed E-state index contributed by atoms with van der Waals surface area (Å²) in [7, 11) is 0. The molecule has 0 spiro atoms. The molecule has 2 aromatic rings. The van der Waals surface area contributed by atoms with Gasteiger partial charge in [0.1, 0.15) is 11.5 Å². The third-order valence-electron chi connectivity index (χ3n) is 5.20. The Morgan fingerprint density at radius 2 is 1.20 bits per heavy atom. The van der Waals surface area contributed by atoms with Crippen LogP contribution in [0.1, 0.15) is 48.9 Å². The lowest BCUT2D eigenvalue weighted by Crippen LogP contribution is -2.26. The van der Waals surface area contributed by atoms with E-state index >= 15 is 0 Å². The van der Waals surface area contributed by atoms with Crippen LogP contribution in [0.3, 0.4) is 0 Å². The SMILES string of the molecule is C=CCc1cc(C(CC)(CC)c2ccc(O)c(CC=C)c2)ccc1O. The Bertz CT molecular complexity index is 693. The van der Waals surface area contributed by atoms with Gasteiger partial charge in [-0.1, -0.05) is 50.3 Å². The van der Waals surface area contributed by atoms with Gasteiger partial charge in [-0.15, -0.1) is 13.2 Å². The van der Waals surface area contributed by atoms with Gasteiger partial charge in [-0.2, -0.15) is 0 Å². The molecule has 25 heavy (non-hydrogen) atoms. The van der Waals surface area contributed by atoms with Crippen molar-refractivity contribution in [3.63, 3.8) is 0 Å². The standard InChI is InChI=1S/C23H28O2/c1-5-9-17-15-19(11-13-21(17)24)23(7-3,8-4)20-12-14-22(25)18(16-20)10-6-2/h5-6,11-16,24-25H,1-2,7-10H2,3-4H3. The van der Waals surface area contributed by atoms with E-state index in [1.807, 2.05) is 12.1 Å². The summed E-state index contributed by atoms with van der Waals surface area (Å²) in [6.45, 7) is 11.9. The second kappa shape index (κ2) is 8.06. The van der Waals surface area contributed by atoms with E-state index in [1.165, 1.54) is 11.1 Å². The summed E-state index contributed by atoms with van der Waals surface area (Å²) in [6, 6.07) is 11.7. The van der Waals surface area contributed by atoms with Crippen molar-refractivity contribution < 1.29 is 10.2 Å². The smallest absolute Gasteiger partial charge is 0.119 e. The lowest BCUT2D eigenvalue weighted by molar-refractivity contribution is 0.456. The van der Waals surface area contributed by atoms with Crippen molar-refractivity contribution in [3.8, 4) is 11.5 Å². The first-order chi connectivity index (χ1) is 12.0. The van der Waals surface area contributed by atoms with Crippen LogP contribution in [-0.4, -0.2) is 10.2 Å². The van der Waals surface area contributed by atoms with Gasteiger partial charge in [-0.25, -0.2) is 0 Å². The van der Waals surface area contributed by atoms with Gasteiger partial charge in [0.2, 0.25) is 0 Å². The molecule has 0 saturated carbocycles. The maximum Gasteiger partial charge on any atom is 0.119 e. The van der Waals surface area contributed by atoms with E-state index in [4.69, 9.17) is 0 Å². The highest BCUT2D eigenvalue weighted by molar-refractivity contribution is 5.48. The van der Waals surface area contributed by atoms with Crippen LogP contribution < -0.4 is 0 Å². The Kier molecular flexibility index (Phi) is 6.08. The molecule has 0 saturated heterocycles. The molecule has 0 unspecified atom stereocenters. The third kappa shape index (κ3) is 3.63. The Balaban J connectivity index is 2.63. The molecule has 0 aliphatic carbocycles. The molecule has 2 aromatic carbocycles. The van der Waals surface area contributed by atoms with Crippen molar-refractivity contribution in [2.24, 2.45) is 0 Å². The molecule has 0 aromatic heterocycles. The second-order valence-electron chi connectivity index (χ2n) is 6.46. The molecule has 2 heteroatoms. The fourth-order valence-corrected chi connectivity index (χ4v) is 3.64. The summed E-state index contributed by atoms with van der Waals surface area (Å²) in [5.41, 5.74) is 3.99. The average Bonchev–Trinajstić information content (AvgIpc) is 2.62. The predicted molar refractivity (Wildman–Crippen MR) is 105 cm³/mol. The van der Waals surface area contributed by atoms with E-state index in [0.717, 1.165) is 24.0 Å². The highest BCUT2D eigenvalue weighted by Gasteiger charge is 2.31. The summed E-state index contributed by atoms with van der Waals surface area (Å²) in [4.78, 5) is 0. The van der Waals surface area contributed by atoms with Gasteiger partial charge in [-0.3, -0.25) is 0 Å². The van der Waals surface area contributed by atoms with E-state index in [-0.39, 0.29) is 5.41 Å². The summed E-state index contributed by atoms with van der Waals surface area (Å²) in [6.07, 6.45) is 6.75. The summed E-state index contributed by atoms with van der Waals surface area (Å²) in [5, 5.41) is 20.2. The van der Waals surface area contributed by atoms with Gasteiger partial charge in [0.05, 0.1) is 0 Å². The quantitative estimate of drug-likeness (QED) is 0.611. The zero-order chi connectivity index (χ0) is 18.4. The normalized spacial score (nSPS) is 11.3. The number of benzene rings is 2. The number of hydrogen-bond donors (Lipinski definition) is 2. The fourth-order valence-electron chi connectivity index (χ4n) is 3.64. The Morgan fingerprint density at radius 1 is 0.800 bits per heavy atom. The molecule has 0 aliphatic heterocycles. The number of allylic oxidation sites excluding steroid dienone is 2. The highest BCUT2D eigenvalue weighted by atomic mass is 16.3. The van der Waals surface area contributed by atoms with Crippen LogP contribution in [0.2, 0.25) is 0 Å². The summed E-state index contributed by atoms with van der Waals surface area (Å²) in [5.74, 6) is 0.616. The summed E-state index contributed by atoms with van der Waals surface area (Å²) < 4.78 is 0. The largest absolute Gasteiger partial charge is 0.508 e. The van der Waals surface area contributed by atoms with Gasteiger partial charge >= 0.3 is 0 Å². The zero-order valence-corrected chi connectivity index (χ0v) is 15.3. The van der Waals surface area contributed by atoms with Crippen molar-refractivity contribution >= 4 is 0 Å². The molecule has 0 amide bonds. The van der Waals surface area contributed by atoms with Crippen LogP contribution in [-0.2, 0) is 18.3 Å². The van der Waals surface area contributed by atoms with E-state index in [0.29, 0.717) is 24.3 Å². The van der Waals surface area contributed by atoms with Crippen molar-refractivity contribution in [1.29, 1.82) is 0 Å². The van der Waals surface area contributed by atoms with E-state index in [1.54, 1.807) is 24.3 Å². The summed E-state index contributed by atoms with van der Waals surface area (Å²) >= 11 is 0. The van der Waals surface area contributed by atoms with Gasteiger partial charge < -0.3 is 10.2 Å². The molecule has 0 atom stereocenters. The molecular formula is C23H28O2. The monoisotopic (exact) mass is 336 g/mol. The minimum absolute atomic E-state index is 0.159. The first-order valence-electron chi connectivity index (χ1n) is 8.88. The van der Waals surface area contributed by atoms with Crippen LogP contribution in [0.25, 0.3) is 0 Å². The number of phenolic OH excluding ortho intramolecular Hbond substituents is 2. The van der Waals surface area contributed by atoms with Gasteiger partial charge in [0.25, 0.3) is 0 Å². The predicted octanol–water partition coefficient (Wildman–Crippen LogP) is 5.66. The van der Waals surface area contributed by atoms with Crippen LogP contribution in [0.15, 0.2) is 61.7 Å². The Hall–Kier alpha value is -2.48. The lowest BCUT2D eigenvalue weighted by atomic mass is 9.70. The van der Waals surface area contributed by atoms with Crippen molar-refractivity contribution in [2.45, 2.75) is 44.9 Å². The number of rotatable bonds is 8. The molecule has 132 valence electrons. The molecule has 2 nitrogen and oxygen atoms in total. The van der Waals surface area contributed by atoms with Crippen LogP contribution >= 0.6 is 0 Å². The van der Waals surface area contributed by atoms with E-state index in [9.17, 15) is 10.2 Å². The van der Waals surface area contributed by atoms with Gasteiger partial charge in [0.15, 0.2) is 0 Å². The number of hydrogen-bond acceptors (Lipinski definition) is 2. The second-order valence-corrected chi connectivity index (χ2v) is 6.46. The molecule has 2 rings (SSSR count). The zero-order valence-electron chi connectivity index (χ0n) is 15.3. The topological polar surface area (TPSA) is 40.5 Å². The highest BCUT2D eigenvalue weighted by Crippen LogP contribution is 2.41. The first kappa shape index (κ1) is 18.9. The van der Waals surface area contributed by atoms with Gasteiger partial charge in [-0.05, 0) is 60.1 Å². The molecule has 0 bridgehead atoms. The van der Waals surface area contributed by atoms with E-state index in [2.05, 4.69) is 39.1 Å². The Morgan fingerprint density at radius 3 is 1.52 bits per heavy atom. The van der Waals surface area contributed by atoms with E-state index < -0.39 is 0 Å².